The van der Waals surface area contributed by atoms with Gasteiger partial charge in [0.2, 0.25) is 11.8 Å². The lowest BCUT2D eigenvalue weighted by molar-refractivity contribution is -0.116. The molecular formula is C27H22N4O4S. The first kappa shape index (κ1) is 23.4. The van der Waals surface area contributed by atoms with Crippen molar-refractivity contribution in [3.63, 3.8) is 0 Å². The highest BCUT2D eigenvalue weighted by atomic mass is 32.1. The molecule has 2 heterocycles. The molecule has 1 aliphatic heterocycles. The minimum absolute atomic E-state index is 0.141. The van der Waals surface area contributed by atoms with Crippen molar-refractivity contribution in [3.05, 3.63) is 77.2 Å². The molecule has 3 aromatic carbocycles. The van der Waals surface area contributed by atoms with Gasteiger partial charge in [0.25, 0.3) is 11.8 Å². The molecule has 1 aromatic heterocycles. The van der Waals surface area contributed by atoms with E-state index in [9.17, 15) is 19.2 Å². The Kier molecular flexibility index (Phi) is 6.30. The summed E-state index contributed by atoms with van der Waals surface area (Å²) in [5.74, 6) is -1.05. The Morgan fingerprint density at radius 2 is 1.58 bits per heavy atom. The molecule has 4 aromatic rings. The second-order valence-corrected chi connectivity index (χ2v) is 9.28. The number of nitrogens with zero attached hydrogens (tertiary/aromatic N) is 2. The van der Waals surface area contributed by atoms with E-state index in [1.807, 2.05) is 29.6 Å². The molecule has 0 radical (unpaired) electrons. The van der Waals surface area contributed by atoms with Crippen LogP contribution in [-0.2, 0) is 9.59 Å². The Bertz CT molecular complexity index is 1460. The summed E-state index contributed by atoms with van der Waals surface area (Å²) in [4.78, 5) is 55.3. The number of aromatic nitrogens is 1. The Labute approximate surface area is 211 Å². The van der Waals surface area contributed by atoms with Gasteiger partial charge in [-0.2, -0.15) is 0 Å². The summed E-state index contributed by atoms with van der Waals surface area (Å²) in [6.45, 7) is 1.60. The fraction of sp³-hybridized carbons (Fsp3) is 0.148. The summed E-state index contributed by atoms with van der Waals surface area (Å²) in [6.07, 6.45) is 0.480. The zero-order valence-corrected chi connectivity index (χ0v) is 20.2. The Morgan fingerprint density at radius 1 is 0.917 bits per heavy atom. The summed E-state index contributed by atoms with van der Waals surface area (Å²) in [5, 5.41) is 9.35. The molecule has 8 nitrogen and oxygen atoms in total. The van der Waals surface area contributed by atoms with Crippen molar-refractivity contribution < 1.29 is 19.2 Å². The molecule has 0 aliphatic carbocycles. The summed E-state index contributed by atoms with van der Waals surface area (Å²) < 4.78 is 0. The van der Waals surface area contributed by atoms with Gasteiger partial charge < -0.3 is 10.6 Å². The molecule has 2 N–H and O–H groups in total. The first-order valence-electron chi connectivity index (χ1n) is 11.4. The normalized spacial score (nSPS) is 12.6. The third-order valence-corrected chi connectivity index (χ3v) is 6.65. The molecule has 180 valence electrons. The number of anilines is 2. The van der Waals surface area contributed by atoms with Crippen molar-refractivity contribution in [2.24, 2.45) is 0 Å². The van der Waals surface area contributed by atoms with E-state index in [0.29, 0.717) is 39.4 Å². The van der Waals surface area contributed by atoms with Gasteiger partial charge in [-0.3, -0.25) is 24.1 Å². The zero-order chi connectivity index (χ0) is 25.2. The zero-order valence-electron chi connectivity index (χ0n) is 19.4. The smallest absolute Gasteiger partial charge is 0.261 e. The van der Waals surface area contributed by atoms with Crippen LogP contribution >= 0.6 is 11.3 Å². The highest BCUT2D eigenvalue weighted by Gasteiger charge is 2.32. The topological polar surface area (TPSA) is 108 Å². The highest BCUT2D eigenvalue weighted by molar-refractivity contribution is 7.14. The van der Waals surface area contributed by atoms with Gasteiger partial charge in [-0.25, -0.2) is 4.98 Å². The average molecular weight is 499 g/mol. The van der Waals surface area contributed by atoms with Gasteiger partial charge in [0, 0.05) is 53.0 Å². The third-order valence-electron chi connectivity index (χ3n) is 5.89. The number of amides is 4. The summed E-state index contributed by atoms with van der Waals surface area (Å²) in [6, 6.07) is 18.1. The van der Waals surface area contributed by atoms with Gasteiger partial charge in [0.1, 0.15) is 0 Å². The van der Waals surface area contributed by atoms with Crippen LogP contribution in [-0.4, -0.2) is 40.1 Å². The van der Waals surface area contributed by atoms with E-state index in [0.717, 1.165) is 10.9 Å². The maximum Gasteiger partial charge on any atom is 0.261 e. The fourth-order valence-electron chi connectivity index (χ4n) is 4.25. The van der Waals surface area contributed by atoms with Crippen LogP contribution in [0.4, 0.5) is 10.8 Å². The second kappa shape index (κ2) is 9.71. The number of imide groups is 1. The molecule has 0 saturated heterocycles. The molecule has 0 unspecified atom stereocenters. The Balaban J connectivity index is 1.18. The van der Waals surface area contributed by atoms with Crippen LogP contribution in [0.25, 0.3) is 22.0 Å². The molecule has 0 fully saturated rings. The first-order valence-corrected chi connectivity index (χ1v) is 12.3. The van der Waals surface area contributed by atoms with Crippen LogP contribution in [0.5, 0.6) is 0 Å². The quantitative estimate of drug-likeness (QED) is 0.351. The number of hydrogen-bond acceptors (Lipinski definition) is 6. The monoisotopic (exact) mass is 498 g/mol. The molecule has 36 heavy (non-hydrogen) atoms. The van der Waals surface area contributed by atoms with E-state index in [1.165, 1.54) is 23.2 Å². The highest BCUT2D eigenvalue weighted by Crippen LogP contribution is 2.30. The van der Waals surface area contributed by atoms with Crippen molar-refractivity contribution >= 4 is 56.6 Å². The van der Waals surface area contributed by atoms with E-state index in [1.54, 1.807) is 36.4 Å². The number of hydrogen-bond donors (Lipinski definition) is 2. The second-order valence-electron chi connectivity index (χ2n) is 8.42. The molecule has 9 heteroatoms. The summed E-state index contributed by atoms with van der Waals surface area (Å²) in [5.41, 5.74) is 3.28. The molecule has 0 bridgehead atoms. The van der Waals surface area contributed by atoms with Gasteiger partial charge >= 0.3 is 0 Å². The van der Waals surface area contributed by atoms with Crippen LogP contribution in [0, 0.1) is 0 Å². The Morgan fingerprint density at radius 3 is 2.22 bits per heavy atom. The maximum atomic E-state index is 13.0. The first-order chi connectivity index (χ1) is 17.4. The number of carbonyl (C=O) groups is 4. The van der Waals surface area contributed by atoms with Crippen LogP contribution in [0.1, 0.15) is 40.5 Å². The lowest BCUT2D eigenvalue weighted by Gasteiger charge is -2.27. The lowest BCUT2D eigenvalue weighted by atomic mass is 9.94. The van der Waals surface area contributed by atoms with Crippen LogP contribution < -0.4 is 10.6 Å². The van der Waals surface area contributed by atoms with Crippen molar-refractivity contribution in [3.8, 4) is 11.3 Å². The van der Waals surface area contributed by atoms with Gasteiger partial charge in [0.15, 0.2) is 5.13 Å². The van der Waals surface area contributed by atoms with Crippen molar-refractivity contribution in [1.29, 1.82) is 0 Å². The van der Waals surface area contributed by atoms with Gasteiger partial charge in [-0.05, 0) is 36.1 Å². The third kappa shape index (κ3) is 4.60. The molecule has 0 saturated carbocycles. The number of thiazole rings is 1. The molecule has 0 atom stereocenters. The molecule has 1 aliphatic rings. The summed E-state index contributed by atoms with van der Waals surface area (Å²) in [7, 11) is 0. The number of rotatable bonds is 7. The van der Waals surface area contributed by atoms with Crippen molar-refractivity contribution in [2.45, 2.75) is 19.8 Å². The number of carbonyl (C=O) groups excluding carboxylic acids is 4. The molecule has 0 spiro atoms. The number of benzene rings is 3. The van der Waals surface area contributed by atoms with Gasteiger partial charge in [0.05, 0.1) is 5.69 Å². The van der Waals surface area contributed by atoms with E-state index in [4.69, 9.17) is 0 Å². The van der Waals surface area contributed by atoms with Crippen molar-refractivity contribution in [1.82, 2.24) is 9.88 Å². The molecule has 4 amide bonds. The predicted octanol–water partition coefficient (Wildman–Crippen LogP) is 4.94. The van der Waals surface area contributed by atoms with Gasteiger partial charge in [-0.1, -0.05) is 36.4 Å². The molecule has 5 rings (SSSR count). The lowest BCUT2D eigenvalue weighted by Crippen LogP contribution is -2.41. The van der Waals surface area contributed by atoms with E-state index in [2.05, 4.69) is 15.6 Å². The SMILES string of the molecule is CC(=O)Nc1ccc(-c2csc(NC(=O)CCCN3C(=O)c4cccc5cccc(c45)C3=O)n2)cc1. The van der Waals surface area contributed by atoms with Crippen LogP contribution in [0.2, 0.25) is 0 Å². The minimum atomic E-state index is -0.334. The van der Waals surface area contributed by atoms with E-state index < -0.39 is 0 Å². The van der Waals surface area contributed by atoms with Gasteiger partial charge in [-0.15, -0.1) is 11.3 Å². The molecular weight excluding hydrogens is 476 g/mol. The number of nitrogens with one attached hydrogen (secondary N) is 2. The standard InChI is InChI=1S/C27H22N4O4S/c1-16(32)28-19-12-10-17(11-13-19)22-15-36-27(29-22)30-23(33)9-4-14-31-25(34)20-7-2-5-18-6-3-8-21(24(18)20)26(31)35/h2-3,5-8,10-13,15H,4,9,14H2,1H3,(H,28,32)(H,29,30,33). The largest absolute Gasteiger partial charge is 0.326 e. The van der Waals surface area contributed by atoms with Crippen LogP contribution in [0.15, 0.2) is 66.0 Å². The minimum Gasteiger partial charge on any atom is -0.326 e. The van der Waals surface area contributed by atoms with Crippen LogP contribution in [0.3, 0.4) is 0 Å². The van der Waals surface area contributed by atoms with E-state index >= 15 is 0 Å². The van der Waals surface area contributed by atoms with Crippen molar-refractivity contribution in [2.75, 3.05) is 17.2 Å². The maximum absolute atomic E-state index is 13.0. The predicted molar refractivity (Wildman–Crippen MR) is 139 cm³/mol. The summed E-state index contributed by atoms with van der Waals surface area (Å²) >= 11 is 1.31. The van der Waals surface area contributed by atoms with E-state index in [-0.39, 0.29) is 36.6 Å². The Hall–Kier alpha value is -4.37. The average Bonchev–Trinajstić information content (AvgIpc) is 3.33. The fourth-order valence-corrected chi connectivity index (χ4v) is 4.99.